The zero-order chi connectivity index (χ0) is 22.3. The van der Waals surface area contributed by atoms with Gasteiger partial charge in [0.2, 0.25) is 5.91 Å². The Kier molecular flexibility index (Phi) is 6.84. The van der Waals surface area contributed by atoms with E-state index in [0.717, 1.165) is 60.2 Å². The molecule has 0 bridgehead atoms. The minimum atomic E-state index is -0.00986. The van der Waals surface area contributed by atoms with Gasteiger partial charge in [0.1, 0.15) is 11.5 Å². The maximum Gasteiger partial charge on any atom is 0.227 e. The highest BCUT2D eigenvalue weighted by molar-refractivity contribution is 5.92. The average molecular weight is 433 g/mol. The molecule has 0 aliphatic carbocycles. The van der Waals surface area contributed by atoms with E-state index in [1.165, 1.54) is 0 Å². The lowest BCUT2D eigenvalue weighted by atomic mass is 9.95. The highest BCUT2D eigenvalue weighted by Gasteiger charge is 2.26. The fraction of sp³-hybridized carbons (Fsp3) is 0.320. The number of carbonyl (C=O) groups is 1. The predicted octanol–water partition coefficient (Wildman–Crippen LogP) is 4.41. The third-order valence-electron chi connectivity index (χ3n) is 5.66. The molecule has 7 heteroatoms. The molecule has 1 fully saturated rings. The van der Waals surface area contributed by atoms with E-state index in [2.05, 4.69) is 20.4 Å². The maximum atomic E-state index is 12.7. The van der Waals surface area contributed by atoms with Gasteiger partial charge in [-0.1, -0.05) is 0 Å². The number of hydrogen-bond acceptors (Lipinski definition) is 6. The Morgan fingerprint density at radius 2 is 1.66 bits per heavy atom. The molecule has 166 valence electrons. The van der Waals surface area contributed by atoms with Gasteiger partial charge in [-0.2, -0.15) is 0 Å². The van der Waals surface area contributed by atoms with Gasteiger partial charge >= 0.3 is 0 Å². The van der Waals surface area contributed by atoms with Crippen molar-refractivity contribution in [2.45, 2.75) is 19.8 Å². The first kappa shape index (κ1) is 21.6. The highest BCUT2D eigenvalue weighted by atomic mass is 16.5. The second kappa shape index (κ2) is 10.1. The zero-order valence-corrected chi connectivity index (χ0v) is 18.5. The lowest BCUT2D eigenvalue weighted by molar-refractivity contribution is -0.120. The fourth-order valence-electron chi connectivity index (χ4n) is 3.83. The van der Waals surface area contributed by atoms with Crippen LogP contribution in [0, 0.1) is 5.92 Å². The standard InChI is InChI=1S/C25H28N4O3/c1-3-32-22-10-6-20(7-11-22)26-25(30)19-14-16-29(17-15-19)24-13-12-23(27-28-24)18-4-8-21(31-2)9-5-18/h4-13,19H,3,14-17H2,1-2H3,(H,26,30). The first-order valence-corrected chi connectivity index (χ1v) is 10.9. The van der Waals surface area contributed by atoms with Crippen molar-refractivity contribution >= 4 is 17.4 Å². The Bertz CT molecular complexity index is 1010. The number of anilines is 2. The molecule has 1 aliphatic heterocycles. The molecular weight excluding hydrogens is 404 g/mol. The molecule has 2 aromatic carbocycles. The molecule has 0 saturated carbocycles. The van der Waals surface area contributed by atoms with Crippen molar-refractivity contribution in [3.63, 3.8) is 0 Å². The largest absolute Gasteiger partial charge is 0.497 e. The Labute approximate surface area is 188 Å². The van der Waals surface area contributed by atoms with E-state index in [1.54, 1.807) is 7.11 Å². The molecule has 0 atom stereocenters. The van der Waals surface area contributed by atoms with E-state index in [9.17, 15) is 4.79 Å². The number of piperidine rings is 1. The molecule has 0 spiro atoms. The number of rotatable bonds is 7. The molecule has 0 unspecified atom stereocenters. The summed E-state index contributed by atoms with van der Waals surface area (Å²) in [5.41, 5.74) is 2.61. The van der Waals surface area contributed by atoms with Gasteiger partial charge in [-0.25, -0.2) is 0 Å². The van der Waals surface area contributed by atoms with Crippen molar-refractivity contribution in [2.75, 3.05) is 37.0 Å². The lowest BCUT2D eigenvalue weighted by Crippen LogP contribution is -2.38. The van der Waals surface area contributed by atoms with Gasteiger partial charge in [-0.3, -0.25) is 4.79 Å². The molecule has 1 aliphatic rings. The van der Waals surface area contributed by atoms with Crippen LogP contribution in [0.4, 0.5) is 11.5 Å². The second-order valence-electron chi connectivity index (χ2n) is 7.71. The molecule has 32 heavy (non-hydrogen) atoms. The number of benzene rings is 2. The molecule has 7 nitrogen and oxygen atoms in total. The Morgan fingerprint density at radius 1 is 0.969 bits per heavy atom. The van der Waals surface area contributed by atoms with Gasteiger partial charge in [-0.05, 0) is 80.4 Å². The number of hydrogen-bond donors (Lipinski definition) is 1. The topological polar surface area (TPSA) is 76.6 Å². The van der Waals surface area contributed by atoms with Crippen molar-refractivity contribution in [1.82, 2.24) is 10.2 Å². The van der Waals surface area contributed by atoms with E-state index < -0.39 is 0 Å². The summed E-state index contributed by atoms with van der Waals surface area (Å²) in [6, 6.07) is 19.2. The van der Waals surface area contributed by atoms with Crippen LogP contribution in [0.1, 0.15) is 19.8 Å². The van der Waals surface area contributed by atoms with Crippen LogP contribution < -0.4 is 19.7 Å². The van der Waals surface area contributed by atoms with Crippen molar-refractivity contribution in [2.24, 2.45) is 5.92 Å². The molecule has 0 radical (unpaired) electrons. The summed E-state index contributed by atoms with van der Waals surface area (Å²) in [5.74, 6) is 2.51. The summed E-state index contributed by atoms with van der Waals surface area (Å²) in [5, 5.41) is 11.8. The number of methoxy groups -OCH3 is 1. The Balaban J connectivity index is 1.30. The van der Waals surface area contributed by atoms with E-state index in [-0.39, 0.29) is 11.8 Å². The summed E-state index contributed by atoms with van der Waals surface area (Å²) in [6.45, 7) is 4.12. The van der Waals surface area contributed by atoms with Crippen LogP contribution in [-0.4, -0.2) is 42.9 Å². The fourth-order valence-corrected chi connectivity index (χ4v) is 3.83. The summed E-state index contributed by atoms with van der Waals surface area (Å²) in [6.07, 6.45) is 1.57. The summed E-state index contributed by atoms with van der Waals surface area (Å²) in [4.78, 5) is 14.9. The van der Waals surface area contributed by atoms with Crippen LogP contribution in [-0.2, 0) is 4.79 Å². The maximum absolute atomic E-state index is 12.7. The van der Waals surface area contributed by atoms with E-state index in [1.807, 2.05) is 67.6 Å². The quantitative estimate of drug-likeness (QED) is 0.596. The number of nitrogens with one attached hydrogen (secondary N) is 1. The van der Waals surface area contributed by atoms with Crippen LogP contribution in [0.5, 0.6) is 11.5 Å². The van der Waals surface area contributed by atoms with Gasteiger partial charge in [0.05, 0.1) is 19.4 Å². The van der Waals surface area contributed by atoms with Gasteiger partial charge in [0.15, 0.2) is 5.82 Å². The Morgan fingerprint density at radius 3 is 2.25 bits per heavy atom. The molecule has 1 saturated heterocycles. The third-order valence-corrected chi connectivity index (χ3v) is 5.66. The third kappa shape index (κ3) is 5.17. The summed E-state index contributed by atoms with van der Waals surface area (Å²) < 4.78 is 10.6. The van der Waals surface area contributed by atoms with Crippen LogP contribution in [0.3, 0.4) is 0 Å². The smallest absolute Gasteiger partial charge is 0.227 e. The van der Waals surface area contributed by atoms with Gasteiger partial charge in [-0.15, -0.1) is 10.2 Å². The number of aromatic nitrogens is 2. The molecule has 3 aromatic rings. The van der Waals surface area contributed by atoms with E-state index in [4.69, 9.17) is 9.47 Å². The van der Waals surface area contributed by atoms with E-state index >= 15 is 0 Å². The van der Waals surface area contributed by atoms with Crippen LogP contribution in [0.25, 0.3) is 11.3 Å². The molecule has 1 amide bonds. The van der Waals surface area contributed by atoms with Crippen LogP contribution in [0.2, 0.25) is 0 Å². The van der Waals surface area contributed by atoms with Crippen molar-refractivity contribution in [1.29, 1.82) is 0 Å². The zero-order valence-electron chi connectivity index (χ0n) is 18.5. The SMILES string of the molecule is CCOc1ccc(NC(=O)C2CCN(c3ccc(-c4ccc(OC)cc4)nn3)CC2)cc1. The minimum absolute atomic E-state index is 0.00986. The molecule has 1 N–H and O–H groups in total. The van der Waals surface area contributed by atoms with Gasteiger partial charge in [0, 0.05) is 30.3 Å². The van der Waals surface area contributed by atoms with Crippen molar-refractivity contribution in [3.8, 4) is 22.8 Å². The summed E-state index contributed by atoms with van der Waals surface area (Å²) >= 11 is 0. The summed E-state index contributed by atoms with van der Waals surface area (Å²) in [7, 11) is 1.65. The molecule has 1 aromatic heterocycles. The van der Waals surface area contributed by atoms with Crippen LogP contribution >= 0.6 is 0 Å². The van der Waals surface area contributed by atoms with E-state index in [0.29, 0.717) is 6.61 Å². The molecule has 4 rings (SSSR count). The highest BCUT2D eigenvalue weighted by Crippen LogP contribution is 2.25. The number of ether oxygens (including phenoxy) is 2. The van der Waals surface area contributed by atoms with Gasteiger partial charge in [0.25, 0.3) is 0 Å². The van der Waals surface area contributed by atoms with Crippen LogP contribution in [0.15, 0.2) is 60.7 Å². The van der Waals surface area contributed by atoms with Crippen molar-refractivity contribution < 1.29 is 14.3 Å². The Hall–Kier alpha value is -3.61. The second-order valence-corrected chi connectivity index (χ2v) is 7.71. The minimum Gasteiger partial charge on any atom is -0.497 e. The molecule has 2 heterocycles. The normalized spacial score (nSPS) is 14.1. The predicted molar refractivity (Wildman–Crippen MR) is 125 cm³/mol. The number of carbonyl (C=O) groups excluding carboxylic acids is 1. The average Bonchev–Trinajstić information content (AvgIpc) is 2.86. The lowest BCUT2D eigenvalue weighted by Gasteiger charge is -2.31. The first-order chi connectivity index (χ1) is 15.7. The molecular formula is C25H28N4O3. The monoisotopic (exact) mass is 432 g/mol. The number of amides is 1. The van der Waals surface area contributed by atoms with Gasteiger partial charge < -0.3 is 19.7 Å². The van der Waals surface area contributed by atoms with Crippen molar-refractivity contribution in [3.05, 3.63) is 60.7 Å². The number of nitrogens with zero attached hydrogens (tertiary/aromatic N) is 3. The first-order valence-electron chi connectivity index (χ1n) is 10.9.